The first-order valence-corrected chi connectivity index (χ1v) is 6.29. The number of carbonyl (C=O) groups excluding carboxylic acids is 1. The minimum Gasteiger partial charge on any atom is -0.326 e. The highest BCUT2D eigenvalue weighted by molar-refractivity contribution is 6.47. The van der Waals surface area contributed by atoms with Gasteiger partial charge in [-0.3, -0.25) is 9.79 Å². The molecule has 2 unspecified atom stereocenters. The van der Waals surface area contributed by atoms with E-state index in [0.717, 1.165) is 0 Å². The Hall–Kier alpha value is -1.35. The summed E-state index contributed by atoms with van der Waals surface area (Å²) < 4.78 is 32.4. The largest absolute Gasteiger partial charge is 0.326 e. The van der Waals surface area contributed by atoms with Crippen molar-refractivity contribution >= 4 is 23.2 Å². The van der Waals surface area contributed by atoms with Crippen molar-refractivity contribution in [3.05, 3.63) is 34.9 Å². The molecule has 4 heteroatoms. The van der Waals surface area contributed by atoms with Crippen molar-refractivity contribution in [1.82, 2.24) is 5.31 Å². The summed E-state index contributed by atoms with van der Waals surface area (Å²) in [6.45, 7) is 0. The number of halogens is 1. The second kappa shape index (κ2) is 4.39. The highest BCUT2D eigenvalue weighted by Gasteiger charge is 2.40. The molecule has 3 nitrogen and oxygen atoms in total. The van der Waals surface area contributed by atoms with Gasteiger partial charge in [-0.1, -0.05) is 30.2 Å². The maximum Gasteiger partial charge on any atom is 0.272 e. The Kier molecular flexibility index (Phi) is 1.94. The molecule has 1 aliphatic heterocycles. The molecule has 3 rings (SSSR count). The van der Waals surface area contributed by atoms with Crippen LogP contribution in [-0.2, 0) is 4.79 Å². The number of benzene rings is 1. The molecule has 94 valence electrons. The zero-order valence-electron chi connectivity index (χ0n) is 13.7. The van der Waals surface area contributed by atoms with Gasteiger partial charge >= 0.3 is 0 Å². The van der Waals surface area contributed by atoms with Gasteiger partial charge in [-0.2, -0.15) is 0 Å². The van der Waals surface area contributed by atoms with Gasteiger partial charge in [0.1, 0.15) is 11.4 Å². The Morgan fingerprint density at radius 2 is 2.17 bits per heavy atom. The lowest BCUT2D eigenvalue weighted by Crippen LogP contribution is -2.43. The van der Waals surface area contributed by atoms with Crippen LogP contribution in [0.25, 0.3) is 0 Å². The molecule has 1 amide bonds. The zero-order chi connectivity index (χ0) is 16.1. The van der Waals surface area contributed by atoms with Gasteiger partial charge in [0.2, 0.25) is 0 Å². The van der Waals surface area contributed by atoms with Crippen LogP contribution >= 0.6 is 11.6 Å². The molecule has 1 saturated carbocycles. The van der Waals surface area contributed by atoms with Crippen LogP contribution in [0.15, 0.2) is 29.3 Å². The SMILES string of the molecule is [2H]C1CCCC2(N=C(c3ccc(Cl)cc3)C(=O)N2[2H])C1([2H])[2H]. The van der Waals surface area contributed by atoms with Crippen molar-refractivity contribution in [1.29, 1.82) is 0 Å². The molecule has 1 N–H and O–H groups in total. The lowest BCUT2D eigenvalue weighted by molar-refractivity contribution is -0.115. The minimum atomic E-state index is -2.06. The van der Waals surface area contributed by atoms with E-state index < -0.39 is 24.3 Å². The van der Waals surface area contributed by atoms with Crippen LogP contribution in [0.1, 0.15) is 41.7 Å². The number of carbonyl (C=O) groups is 1. The fraction of sp³-hybridized carbons (Fsp3) is 0.429. The molecule has 1 aliphatic carbocycles. The monoisotopic (exact) mass is 266 g/mol. The molecular weight excluding hydrogens is 248 g/mol. The van der Waals surface area contributed by atoms with Crippen molar-refractivity contribution in [3.8, 4) is 0 Å². The Balaban J connectivity index is 2.10. The van der Waals surface area contributed by atoms with E-state index >= 15 is 0 Å². The predicted molar refractivity (Wildman–Crippen MR) is 71.9 cm³/mol. The van der Waals surface area contributed by atoms with E-state index in [9.17, 15) is 4.79 Å². The number of rotatable bonds is 1. The van der Waals surface area contributed by atoms with Gasteiger partial charge in [0.15, 0.2) is 1.41 Å². The molecule has 1 spiro atoms. The van der Waals surface area contributed by atoms with Gasteiger partial charge < -0.3 is 5.31 Å². The first-order valence-electron chi connectivity index (χ1n) is 7.93. The number of hydrogen-bond acceptors (Lipinski definition) is 2. The molecule has 1 aromatic rings. The summed E-state index contributed by atoms with van der Waals surface area (Å²) in [7, 11) is 0. The first kappa shape index (κ1) is 7.95. The summed E-state index contributed by atoms with van der Waals surface area (Å²) in [5.74, 6) is -0.639. The number of nitrogens with one attached hydrogen (secondary N) is 1. The van der Waals surface area contributed by atoms with Crippen LogP contribution in [0.2, 0.25) is 6.43 Å². The van der Waals surface area contributed by atoms with E-state index in [1.54, 1.807) is 24.3 Å². The summed E-state index contributed by atoms with van der Waals surface area (Å²) in [4.78, 5) is 16.7. The van der Waals surface area contributed by atoms with Crippen LogP contribution in [0.3, 0.4) is 0 Å². The lowest BCUT2D eigenvalue weighted by atomic mass is 9.90. The van der Waals surface area contributed by atoms with Gasteiger partial charge in [0.05, 0.1) is 0 Å². The van der Waals surface area contributed by atoms with Crippen molar-refractivity contribution in [2.24, 2.45) is 4.99 Å². The molecular formula is C14H15ClN2O. The highest BCUT2D eigenvalue weighted by atomic mass is 35.5. The fourth-order valence-corrected chi connectivity index (χ4v) is 2.34. The molecule has 0 radical (unpaired) electrons. The third-order valence-electron chi connectivity index (χ3n) is 3.11. The van der Waals surface area contributed by atoms with Crippen LogP contribution in [-0.4, -0.2) is 17.3 Å². The highest BCUT2D eigenvalue weighted by Crippen LogP contribution is 2.33. The average Bonchev–Trinajstić information content (AvgIpc) is 2.73. The van der Waals surface area contributed by atoms with Crippen molar-refractivity contribution in [2.75, 3.05) is 0 Å². The standard InChI is InChI=1S/C14H15ClN2O/c15-11-6-4-10(5-7-11)12-13(18)17-14(16-12)8-2-1-3-9-14/h4-7H,1-3,8-9H2,(H,17,18)/i2D,8D2/hD. The van der Waals surface area contributed by atoms with E-state index in [2.05, 4.69) is 4.99 Å². The number of aliphatic imine (C=N–C) groups is 1. The summed E-state index contributed by atoms with van der Waals surface area (Å²) in [5, 5.41) is 1.14. The van der Waals surface area contributed by atoms with E-state index in [0.29, 0.717) is 28.7 Å². The van der Waals surface area contributed by atoms with E-state index in [1.807, 2.05) is 0 Å². The Morgan fingerprint density at radius 3 is 2.94 bits per heavy atom. The van der Waals surface area contributed by atoms with Gasteiger partial charge in [-0.05, 0) is 37.7 Å². The average molecular weight is 267 g/mol. The van der Waals surface area contributed by atoms with Gasteiger partial charge in [0, 0.05) is 14.7 Å². The second-order valence-corrected chi connectivity index (χ2v) is 4.88. The van der Waals surface area contributed by atoms with Crippen molar-refractivity contribution < 1.29 is 10.3 Å². The number of nitrogens with zero attached hydrogens (tertiary/aromatic N) is 1. The van der Waals surface area contributed by atoms with Gasteiger partial charge in [0.25, 0.3) is 5.91 Å². The fourth-order valence-electron chi connectivity index (χ4n) is 2.21. The van der Waals surface area contributed by atoms with Crippen LogP contribution in [0.4, 0.5) is 0 Å². The third kappa shape index (κ3) is 2.03. The first-order chi connectivity index (χ1) is 10.3. The zero-order valence-corrected chi connectivity index (χ0v) is 10.4. The maximum atomic E-state index is 12.4. The number of hydrogen-bond donors (Lipinski definition) is 1. The van der Waals surface area contributed by atoms with E-state index in [-0.39, 0.29) is 12.1 Å². The minimum absolute atomic E-state index is 0.0599. The molecule has 1 fully saturated rings. The molecule has 0 aromatic heterocycles. The number of amides is 1. The predicted octanol–water partition coefficient (Wildman–Crippen LogP) is 2.92. The quantitative estimate of drug-likeness (QED) is 0.834. The van der Waals surface area contributed by atoms with Gasteiger partial charge in [-0.15, -0.1) is 0 Å². The lowest BCUT2D eigenvalue weighted by Gasteiger charge is -2.30. The molecule has 1 heterocycles. The normalized spacial score (nSPS) is 37.8. The van der Waals surface area contributed by atoms with E-state index in [1.165, 1.54) is 0 Å². The summed E-state index contributed by atoms with van der Waals surface area (Å²) in [6, 6.07) is 6.49. The Labute approximate surface area is 117 Å². The maximum absolute atomic E-state index is 12.4. The third-order valence-corrected chi connectivity index (χ3v) is 3.36. The summed E-state index contributed by atoms with van der Waals surface area (Å²) in [6.07, 6.45) is -1.84. The van der Waals surface area contributed by atoms with E-state index in [4.69, 9.17) is 17.1 Å². The molecule has 2 atom stereocenters. The molecule has 18 heavy (non-hydrogen) atoms. The molecule has 1 aromatic carbocycles. The molecule has 0 bridgehead atoms. The van der Waals surface area contributed by atoms with Crippen molar-refractivity contribution in [3.63, 3.8) is 0 Å². The van der Waals surface area contributed by atoms with Crippen LogP contribution in [0, 0.1) is 0 Å². The molecule has 0 saturated heterocycles. The van der Waals surface area contributed by atoms with Crippen LogP contribution in [0.5, 0.6) is 0 Å². The summed E-state index contributed by atoms with van der Waals surface area (Å²) in [5.41, 5.74) is -1.04. The Morgan fingerprint density at radius 1 is 1.39 bits per heavy atom. The second-order valence-electron chi connectivity index (χ2n) is 4.44. The van der Waals surface area contributed by atoms with Gasteiger partial charge in [-0.25, -0.2) is 0 Å². The molecule has 2 aliphatic rings. The smallest absolute Gasteiger partial charge is 0.272 e. The summed E-state index contributed by atoms with van der Waals surface area (Å²) >= 11 is 5.83. The van der Waals surface area contributed by atoms with Crippen molar-refractivity contribution in [2.45, 2.75) is 37.7 Å². The Bertz CT molecular complexity index is 649. The van der Waals surface area contributed by atoms with Crippen LogP contribution < -0.4 is 5.31 Å². The topological polar surface area (TPSA) is 41.5 Å².